The zero-order valence-corrected chi connectivity index (χ0v) is 15.9. The fourth-order valence-corrected chi connectivity index (χ4v) is 3.09. The fraction of sp³-hybridized carbons (Fsp3) is 0.286. The minimum absolute atomic E-state index is 0. The van der Waals surface area contributed by atoms with Crippen molar-refractivity contribution in [3.05, 3.63) is 70.8 Å². The van der Waals surface area contributed by atoms with Gasteiger partial charge in [0.1, 0.15) is 12.4 Å². The lowest BCUT2D eigenvalue weighted by Crippen LogP contribution is -2.12. The van der Waals surface area contributed by atoms with Crippen LogP contribution in [0, 0.1) is 0 Å². The van der Waals surface area contributed by atoms with E-state index in [-0.39, 0.29) is 18.8 Å². The Labute approximate surface area is 160 Å². The standard InChI is InChI=1S/C21H23NO3.ClH/c1-22(2)11-5-8-18-17-7-4-3-6-16(17)14-25-20-10-9-15(12-19(18)20)13-21(23)24;/h3-4,6-10,12H,5,11,13-14H2,1-2H3,(H,23,24);1H. The van der Waals surface area contributed by atoms with Gasteiger partial charge in [-0.15, -0.1) is 12.4 Å². The molecule has 1 N–H and O–H groups in total. The molecule has 0 aliphatic carbocycles. The van der Waals surface area contributed by atoms with Crippen molar-refractivity contribution in [1.82, 2.24) is 4.90 Å². The van der Waals surface area contributed by atoms with Gasteiger partial charge in [0, 0.05) is 12.1 Å². The maximum Gasteiger partial charge on any atom is 0.307 e. The van der Waals surface area contributed by atoms with E-state index >= 15 is 0 Å². The number of carbonyl (C=O) groups is 1. The normalized spacial score (nSPS) is 14.0. The third-order valence-electron chi connectivity index (χ3n) is 4.30. The van der Waals surface area contributed by atoms with Gasteiger partial charge in [-0.25, -0.2) is 0 Å². The van der Waals surface area contributed by atoms with Gasteiger partial charge in [0.25, 0.3) is 0 Å². The van der Waals surface area contributed by atoms with E-state index in [1.807, 2.05) is 30.3 Å². The number of aliphatic carboxylic acids is 1. The molecular formula is C21H24ClNO3. The average molecular weight is 374 g/mol. The molecular weight excluding hydrogens is 350 g/mol. The summed E-state index contributed by atoms with van der Waals surface area (Å²) in [5.41, 5.74) is 5.19. The van der Waals surface area contributed by atoms with E-state index in [2.05, 4.69) is 37.2 Å². The molecule has 1 aliphatic rings. The Morgan fingerprint density at radius 1 is 1.19 bits per heavy atom. The molecule has 0 saturated carbocycles. The van der Waals surface area contributed by atoms with Gasteiger partial charge in [0.2, 0.25) is 0 Å². The number of carboxylic acid groups (broad SMARTS) is 1. The van der Waals surface area contributed by atoms with Crippen LogP contribution in [0.25, 0.3) is 5.57 Å². The Morgan fingerprint density at radius 3 is 2.69 bits per heavy atom. The molecule has 0 atom stereocenters. The lowest BCUT2D eigenvalue weighted by atomic mass is 9.92. The number of hydrogen-bond donors (Lipinski definition) is 1. The summed E-state index contributed by atoms with van der Waals surface area (Å²) in [4.78, 5) is 13.2. The largest absolute Gasteiger partial charge is 0.488 e. The first-order valence-electron chi connectivity index (χ1n) is 8.45. The van der Waals surface area contributed by atoms with Crippen LogP contribution in [0.4, 0.5) is 0 Å². The highest BCUT2D eigenvalue weighted by Gasteiger charge is 2.19. The van der Waals surface area contributed by atoms with Crippen LogP contribution in [0.3, 0.4) is 0 Å². The van der Waals surface area contributed by atoms with Crippen molar-refractivity contribution in [3.8, 4) is 5.75 Å². The fourth-order valence-electron chi connectivity index (χ4n) is 3.09. The Kier molecular flexibility index (Phi) is 6.83. The molecule has 138 valence electrons. The van der Waals surface area contributed by atoms with E-state index in [1.54, 1.807) is 0 Å². The highest BCUT2D eigenvalue weighted by atomic mass is 35.5. The predicted octanol–water partition coefficient (Wildman–Crippen LogP) is 4.01. The third kappa shape index (κ3) is 4.65. The van der Waals surface area contributed by atoms with Crippen LogP contribution in [0.1, 0.15) is 28.7 Å². The number of rotatable bonds is 5. The Hall–Kier alpha value is -2.30. The van der Waals surface area contributed by atoms with Crippen LogP contribution in [0.15, 0.2) is 48.5 Å². The first-order chi connectivity index (χ1) is 12.0. The zero-order valence-electron chi connectivity index (χ0n) is 15.1. The molecule has 0 fully saturated rings. The van der Waals surface area contributed by atoms with Crippen molar-refractivity contribution in [1.29, 1.82) is 0 Å². The molecule has 4 nitrogen and oxygen atoms in total. The molecule has 26 heavy (non-hydrogen) atoms. The Bertz CT molecular complexity index is 815. The molecule has 0 radical (unpaired) electrons. The van der Waals surface area contributed by atoms with Gasteiger partial charge in [-0.2, -0.15) is 0 Å². The topological polar surface area (TPSA) is 49.8 Å². The summed E-state index contributed by atoms with van der Waals surface area (Å²) in [6, 6.07) is 13.9. The minimum Gasteiger partial charge on any atom is -0.488 e. The number of nitrogens with zero attached hydrogens (tertiary/aromatic N) is 1. The zero-order chi connectivity index (χ0) is 17.8. The maximum atomic E-state index is 11.1. The van der Waals surface area contributed by atoms with E-state index in [0.717, 1.165) is 46.5 Å². The summed E-state index contributed by atoms with van der Waals surface area (Å²) >= 11 is 0. The molecule has 0 saturated heterocycles. The number of carboxylic acids is 1. The molecule has 0 aromatic heterocycles. The van der Waals surface area contributed by atoms with Crippen molar-refractivity contribution in [2.45, 2.75) is 19.4 Å². The first-order valence-corrected chi connectivity index (χ1v) is 8.45. The highest BCUT2D eigenvalue weighted by Crippen LogP contribution is 2.37. The monoisotopic (exact) mass is 373 g/mol. The maximum absolute atomic E-state index is 11.1. The smallest absolute Gasteiger partial charge is 0.307 e. The number of halogens is 1. The molecule has 5 heteroatoms. The summed E-state index contributed by atoms with van der Waals surface area (Å²) < 4.78 is 5.99. The molecule has 3 rings (SSSR count). The second-order valence-electron chi connectivity index (χ2n) is 6.56. The third-order valence-corrected chi connectivity index (χ3v) is 4.30. The lowest BCUT2D eigenvalue weighted by molar-refractivity contribution is -0.136. The molecule has 0 unspecified atom stereocenters. The van der Waals surface area contributed by atoms with Crippen LogP contribution in [0.2, 0.25) is 0 Å². The van der Waals surface area contributed by atoms with Gasteiger partial charge in [-0.1, -0.05) is 36.4 Å². The van der Waals surface area contributed by atoms with E-state index in [1.165, 1.54) is 0 Å². The van der Waals surface area contributed by atoms with Crippen molar-refractivity contribution in [3.63, 3.8) is 0 Å². The summed E-state index contributed by atoms with van der Waals surface area (Å²) in [7, 11) is 4.11. The number of fused-ring (bicyclic) bond motifs is 2. The number of hydrogen-bond acceptors (Lipinski definition) is 3. The summed E-state index contributed by atoms with van der Waals surface area (Å²) in [6.07, 6.45) is 3.16. The van der Waals surface area contributed by atoms with Gasteiger partial charge >= 0.3 is 5.97 Å². The van der Waals surface area contributed by atoms with E-state index < -0.39 is 5.97 Å². The van der Waals surface area contributed by atoms with Crippen LogP contribution >= 0.6 is 12.4 Å². The Balaban J connectivity index is 0.00000243. The minimum atomic E-state index is -0.826. The van der Waals surface area contributed by atoms with Crippen LogP contribution in [-0.2, 0) is 17.8 Å². The molecule has 0 spiro atoms. The second-order valence-corrected chi connectivity index (χ2v) is 6.56. The SMILES string of the molecule is CN(C)CCC=C1c2ccccc2COc2ccc(CC(=O)O)cc21.Cl. The average Bonchev–Trinajstić information content (AvgIpc) is 2.72. The predicted molar refractivity (Wildman–Crippen MR) is 106 cm³/mol. The Morgan fingerprint density at radius 2 is 1.96 bits per heavy atom. The summed E-state index contributed by atoms with van der Waals surface area (Å²) in [6.45, 7) is 1.48. The molecule has 0 amide bonds. The lowest BCUT2D eigenvalue weighted by Gasteiger charge is -2.13. The van der Waals surface area contributed by atoms with Gasteiger partial charge in [-0.05, 0) is 54.9 Å². The second kappa shape index (κ2) is 8.88. The number of benzene rings is 2. The van der Waals surface area contributed by atoms with Crippen molar-refractivity contribution in [2.75, 3.05) is 20.6 Å². The molecule has 1 aliphatic heterocycles. The molecule has 1 heterocycles. The van der Waals surface area contributed by atoms with Gasteiger partial charge in [-0.3, -0.25) is 4.79 Å². The summed E-state index contributed by atoms with van der Waals surface area (Å²) in [5.74, 6) is -0.0190. The van der Waals surface area contributed by atoms with E-state index in [9.17, 15) is 4.79 Å². The van der Waals surface area contributed by atoms with Gasteiger partial charge in [0.15, 0.2) is 0 Å². The van der Waals surface area contributed by atoms with Crippen LogP contribution in [-0.4, -0.2) is 36.6 Å². The van der Waals surface area contributed by atoms with Crippen molar-refractivity contribution >= 4 is 23.9 Å². The van der Waals surface area contributed by atoms with Crippen LogP contribution in [0.5, 0.6) is 5.75 Å². The number of ether oxygens (including phenoxy) is 1. The molecule has 0 bridgehead atoms. The van der Waals surface area contributed by atoms with E-state index in [0.29, 0.717) is 6.61 Å². The van der Waals surface area contributed by atoms with Crippen LogP contribution < -0.4 is 4.74 Å². The highest BCUT2D eigenvalue weighted by molar-refractivity contribution is 5.86. The molecule has 2 aromatic carbocycles. The van der Waals surface area contributed by atoms with Gasteiger partial charge in [0.05, 0.1) is 6.42 Å². The van der Waals surface area contributed by atoms with Crippen molar-refractivity contribution < 1.29 is 14.6 Å². The summed E-state index contributed by atoms with van der Waals surface area (Å²) in [5, 5.41) is 9.10. The van der Waals surface area contributed by atoms with E-state index in [4.69, 9.17) is 9.84 Å². The quantitative estimate of drug-likeness (QED) is 0.860. The first kappa shape index (κ1) is 20.0. The van der Waals surface area contributed by atoms with Crippen molar-refractivity contribution in [2.24, 2.45) is 0 Å². The van der Waals surface area contributed by atoms with Gasteiger partial charge < -0.3 is 14.7 Å². The molecule has 2 aromatic rings.